The van der Waals surface area contributed by atoms with E-state index in [1.165, 1.54) is 6.07 Å². The van der Waals surface area contributed by atoms with Gasteiger partial charge in [0.2, 0.25) is 17.6 Å². The molecule has 1 aliphatic heterocycles. The molecule has 1 amide bonds. The smallest absolute Gasteiger partial charge is 0.246 e. The van der Waals surface area contributed by atoms with Crippen molar-refractivity contribution in [3.8, 4) is 11.4 Å². The van der Waals surface area contributed by atoms with Crippen LogP contribution in [0.1, 0.15) is 24.3 Å². The first-order valence-corrected chi connectivity index (χ1v) is 10.3. The number of carbonyl (C=O) groups excluding carboxylic acids is 1. The summed E-state index contributed by atoms with van der Waals surface area (Å²) >= 11 is 5.81. The molecule has 0 saturated carbocycles. The largest absolute Gasteiger partial charge is 0.347 e. The zero-order chi connectivity index (χ0) is 20.9. The highest BCUT2D eigenvalue weighted by atomic mass is 35.5. The first-order chi connectivity index (χ1) is 14.6. The third-order valence-corrected chi connectivity index (χ3v) is 5.52. The number of piperidine rings is 1. The Kier molecular flexibility index (Phi) is 6.40. The van der Waals surface area contributed by atoms with Crippen molar-refractivity contribution in [1.29, 1.82) is 0 Å². The highest BCUT2D eigenvalue weighted by Gasteiger charge is 2.25. The summed E-state index contributed by atoms with van der Waals surface area (Å²) in [7, 11) is 0. The average molecular weight is 429 g/mol. The van der Waals surface area contributed by atoms with Crippen LogP contribution in [0.5, 0.6) is 0 Å². The van der Waals surface area contributed by atoms with Gasteiger partial charge in [0.15, 0.2) is 0 Å². The first kappa shape index (κ1) is 20.5. The summed E-state index contributed by atoms with van der Waals surface area (Å²) in [4.78, 5) is 19.0. The Labute approximate surface area is 179 Å². The Balaban J connectivity index is 1.24. The van der Waals surface area contributed by atoms with Crippen molar-refractivity contribution in [1.82, 2.24) is 20.4 Å². The standard InChI is InChI=1S/C22H22ClFN4O2/c23-18-7-6-17(19(24)12-18)14-28-10-8-16(9-11-28)22(29)25-13-20-26-21(27-30-20)15-4-2-1-3-5-15/h1-7,12,16H,8-11,13-14H2,(H,25,29). The van der Waals surface area contributed by atoms with Crippen LogP contribution in [-0.4, -0.2) is 34.0 Å². The average Bonchev–Trinajstić information content (AvgIpc) is 3.24. The Morgan fingerprint density at radius 2 is 1.97 bits per heavy atom. The van der Waals surface area contributed by atoms with Crippen LogP contribution in [-0.2, 0) is 17.9 Å². The highest BCUT2D eigenvalue weighted by Crippen LogP contribution is 2.22. The summed E-state index contributed by atoms with van der Waals surface area (Å²) in [5, 5.41) is 7.23. The van der Waals surface area contributed by atoms with Crippen LogP contribution in [0.3, 0.4) is 0 Å². The fourth-order valence-electron chi connectivity index (χ4n) is 3.58. The van der Waals surface area contributed by atoms with Crippen molar-refractivity contribution < 1.29 is 13.7 Å². The van der Waals surface area contributed by atoms with E-state index in [9.17, 15) is 9.18 Å². The Morgan fingerprint density at radius 3 is 2.70 bits per heavy atom. The lowest BCUT2D eigenvalue weighted by Gasteiger charge is -2.31. The maximum absolute atomic E-state index is 14.0. The van der Waals surface area contributed by atoms with Crippen LogP contribution < -0.4 is 5.32 Å². The van der Waals surface area contributed by atoms with Crippen LogP contribution in [0.15, 0.2) is 53.1 Å². The van der Waals surface area contributed by atoms with Gasteiger partial charge in [-0.15, -0.1) is 0 Å². The van der Waals surface area contributed by atoms with Crippen molar-refractivity contribution >= 4 is 17.5 Å². The lowest BCUT2D eigenvalue weighted by molar-refractivity contribution is -0.126. The molecular formula is C22H22ClFN4O2. The molecule has 1 N–H and O–H groups in total. The number of hydrogen-bond donors (Lipinski definition) is 1. The minimum atomic E-state index is -0.295. The van der Waals surface area contributed by atoms with E-state index in [2.05, 4.69) is 20.4 Å². The number of rotatable bonds is 6. The molecule has 0 radical (unpaired) electrons. The Morgan fingerprint density at radius 1 is 1.20 bits per heavy atom. The number of carbonyl (C=O) groups is 1. The normalized spacial score (nSPS) is 15.3. The van der Waals surface area contributed by atoms with Gasteiger partial charge in [-0.05, 0) is 38.1 Å². The molecule has 8 heteroatoms. The van der Waals surface area contributed by atoms with Crippen LogP contribution in [0.4, 0.5) is 4.39 Å². The van der Waals surface area contributed by atoms with Crippen LogP contribution >= 0.6 is 11.6 Å². The summed E-state index contributed by atoms with van der Waals surface area (Å²) in [6.45, 7) is 2.19. The SMILES string of the molecule is O=C(NCc1nc(-c2ccccc2)no1)C1CCN(Cc2ccc(Cl)cc2F)CC1. The lowest BCUT2D eigenvalue weighted by Crippen LogP contribution is -2.40. The van der Waals surface area contributed by atoms with Crippen molar-refractivity contribution in [2.45, 2.75) is 25.9 Å². The maximum Gasteiger partial charge on any atom is 0.246 e. The first-order valence-electron chi connectivity index (χ1n) is 9.90. The van der Waals surface area contributed by atoms with E-state index in [1.807, 2.05) is 30.3 Å². The van der Waals surface area contributed by atoms with E-state index >= 15 is 0 Å². The van der Waals surface area contributed by atoms with Gasteiger partial charge in [0.05, 0.1) is 6.54 Å². The van der Waals surface area contributed by atoms with Gasteiger partial charge < -0.3 is 9.84 Å². The number of benzene rings is 2. The van der Waals surface area contributed by atoms with Crippen LogP contribution in [0.25, 0.3) is 11.4 Å². The number of amides is 1. The molecule has 2 heterocycles. The minimum Gasteiger partial charge on any atom is -0.347 e. The summed E-state index contributed by atoms with van der Waals surface area (Å²) in [6.07, 6.45) is 1.44. The predicted octanol–water partition coefficient (Wildman–Crippen LogP) is 4.06. The zero-order valence-corrected chi connectivity index (χ0v) is 17.1. The molecule has 4 rings (SSSR count). The van der Waals surface area contributed by atoms with Gasteiger partial charge in [-0.3, -0.25) is 9.69 Å². The lowest BCUT2D eigenvalue weighted by atomic mass is 9.95. The van der Waals surface area contributed by atoms with Crippen LogP contribution in [0.2, 0.25) is 5.02 Å². The third kappa shape index (κ3) is 5.04. The van der Waals surface area contributed by atoms with Gasteiger partial charge in [0.1, 0.15) is 5.82 Å². The van der Waals surface area contributed by atoms with Gasteiger partial charge in [-0.2, -0.15) is 4.98 Å². The van der Waals surface area contributed by atoms with Gasteiger partial charge in [0.25, 0.3) is 0 Å². The number of hydrogen-bond acceptors (Lipinski definition) is 5. The number of nitrogens with one attached hydrogen (secondary N) is 1. The summed E-state index contributed by atoms with van der Waals surface area (Å²) in [5.41, 5.74) is 1.48. The quantitative estimate of drug-likeness (QED) is 0.641. The Bertz CT molecular complexity index is 1000. The molecule has 3 aromatic rings. The van der Waals surface area contributed by atoms with Gasteiger partial charge in [-0.25, -0.2) is 4.39 Å². The second kappa shape index (κ2) is 9.36. The Hall–Kier alpha value is -2.77. The van der Waals surface area contributed by atoms with Crippen molar-refractivity contribution in [3.05, 3.63) is 70.8 Å². The molecule has 0 bridgehead atoms. The number of likely N-dealkylation sites (tertiary alicyclic amines) is 1. The molecule has 1 saturated heterocycles. The zero-order valence-electron chi connectivity index (χ0n) is 16.4. The summed E-state index contributed by atoms with van der Waals surface area (Å²) in [6, 6.07) is 14.3. The predicted molar refractivity (Wildman–Crippen MR) is 111 cm³/mol. The number of aromatic nitrogens is 2. The molecule has 2 aromatic carbocycles. The molecule has 1 aromatic heterocycles. The van der Waals surface area contributed by atoms with Crippen molar-refractivity contribution in [2.24, 2.45) is 5.92 Å². The van der Waals surface area contributed by atoms with E-state index < -0.39 is 0 Å². The van der Waals surface area contributed by atoms with Crippen molar-refractivity contribution in [2.75, 3.05) is 13.1 Å². The maximum atomic E-state index is 14.0. The van der Waals surface area contributed by atoms with E-state index in [1.54, 1.807) is 12.1 Å². The topological polar surface area (TPSA) is 71.3 Å². The van der Waals surface area contributed by atoms with Crippen molar-refractivity contribution in [3.63, 3.8) is 0 Å². The minimum absolute atomic E-state index is 0.0215. The highest BCUT2D eigenvalue weighted by molar-refractivity contribution is 6.30. The van der Waals surface area contributed by atoms with E-state index in [0.29, 0.717) is 28.8 Å². The molecule has 1 fully saturated rings. The molecule has 6 nitrogen and oxygen atoms in total. The fourth-order valence-corrected chi connectivity index (χ4v) is 3.74. The summed E-state index contributed by atoms with van der Waals surface area (Å²) in [5.74, 6) is 0.483. The molecule has 0 spiro atoms. The van der Waals surface area contributed by atoms with Gasteiger partial charge in [0, 0.05) is 28.6 Å². The van der Waals surface area contributed by atoms with E-state index in [4.69, 9.17) is 16.1 Å². The number of halogens is 2. The molecule has 30 heavy (non-hydrogen) atoms. The molecule has 0 unspecified atom stereocenters. The molecule has 0 aliphatic carbocycles. The third-order valence-electron chi connectivity index (χ3n) is 5.28. The van der Waals surface area contributed by atoms with Gasteiger partial charge >= 0.3 is 0 Å². The van der Waals surface area contributed by atoms with E-state index in [-0.39, 0.29) is 24.2 Å². The van der Waals surface area contributed by atoms with Gasteiger partial charge in [-0.1, -0.05) is 53.2 Å². The monoisotopic (exact) mass is 428 g/mol. The van der Waals surface area contributed by atoms with Crippen LogP contribution in [0, 0.1) is 11.7 Å². The molecular weight excluding hydrogens is 407 g/mol. The number of nitrogens with zero attached hydrogens (tertiary/aromatic N) is 3. The molecule has 1 aliphatic rings. The molecule has 0 atom stereocenters. The second-order valence-electron chi connectivity index (χ2n) is 7.38. The second-order valence-corrected chi connectivity index (χ2v) is 7.82. The summed E-state index contributed by atoms with van der Waals surface area (Å²) < 4.78 is 19.2. The molecule has 156 valence electrons. The van der Waals surface area contributed by atoms with E-state index in [0.717, 1.165) is 31.5 Å². The fraction of sp³-hybridized carbons (Fsp3) is 0.318.